The van der Waals surface area contributed by atoms with E-state index >= 15 is 0 Å². The van der Waals surface area contributed by atoms with E-state index in [0.29, 0.717) is 29.3 Å². The van der Waals surface area contributed by atoms with Gasteiger partial charge in [0.15, 0.2) is 6.61 Å². The van der Waals surface area contributed by atoms with Crippen molar-refractivity contribution in [1.82, 2.24) is 5.32 Å². The van der Waals surface area contributed by atoms with Crippen molar-refractivity contribution < 1.29 is 19.1 Å². The van der Waals surface area contributed by atoms with Gasteiger partial charge in [0.25, 0.3) is 11.8 Å². The van der Waals surface area contributed by atoms with Crippen molar-refractivity contribution >= 4 is 17.5 Å². The van der Waals surface area contributed by atoms with Crippen molar-refractivity contribution in [3.63, 3.8) is 0 Å². The molecule has 0 aliphatic heterocycles. The van der Waals surface area contributed by atoms with E-state index in [1.165, 1.54) is 5.56 Å². The van der Waals surface area contributed by atoms with E-state index in [4.69, 9.17) is 9.47 Å². The van der Waals surface area contributed by atoms with E-state index in [2.05, 4.69) is 22.8 Å². The Labute approximate surface area is 182 Å². The molecular weight excluding hydrogens is 392 g/mol. The standard InChI is InChI=1S/C25H26N2O4/c1-30-23-11-5-10-21(17-23)27-24(28)18-31-22-14-12-20(13-15-22)25(29)26-16-6-9-19-7-3-2-4-8-19/h2-5,7-8,10-15,17H,6,9,16,18H2,1H3,(H,26,29)(H,27,28). The summed E-state index contributed by atoms with van der Waals surface area (Å²) >= 11 is 0. The molecule has 6 nitrogen and oxygen atoms in total. The van der Waals surface area contributed by atoms with E-state index in [1.54, 1.807) is 55.6 Å². The highest BCUT2D eigenvalue weighted by atomic mass is 16.5. The van der Waals surface area contributed by atoms with Gasteiger partial charge in [-0.1, -0.05) is 36.4 Å². The Balaban J connectivity index is 1.39. The van der Waals surface area contributed by atoms with Gasteiger partial charge in [-0.2, -0.15) is 0 Å². The fourth-order valence-electron chi connectivity index (χ4n) is 2.99. The van der Waals surface area contributed by atoms with Gasteiger partial charge in [0.2, 0.25) is 0 Å². The molecule has 0 radical (unpaired) electrons. The number of rotatable bonds is 10. The van der Waals surface area contributed by atoms with Crippen LogP contribution in [0.4, 0.5) is 5.69 Å². The Morgan fingerprint density at radius 3 is 2.39 bits per heavy atom. The van der Waals surface area contributed by atoms with Crippen LogP contribution < -0.4 is 20.1 Å². The third kappa shape index (κ3) is 7.19. The molecular formula is C25H26N2O4. The van der Waals surface area contributed by atoms with E-state index in [9.17, 15) is 9.59 Å². The molecule has 0 atom stereocenters. The normalized spacial score (nSPS) is 10.2. The molecule has 3 aromatic carbocycles. The van der Waals surface area contributed by atoms with Crippen LogP contribution in [0.3, 0.4) is 0 Å². The lowest BCUT2D eigenvalue weighted by Gasteiger charge is -2.09. The van der Waals surface area contributed by atoms with Gasteiger partial charge in [-0.25, -0.2) is 0 Å². The summed E-state index contributed by atoms with van der Waals surface area (Å²) in [4.78, 5) is 24.3. The second kappa shape index (κ2) is 11.4. The number of carbonyl (C=O) groups excluding carboxylic acids is 2. The van der Waals surface area contributed by atoms with Gasteiger partial charge in [0, 0.05) is 23.9 Å². The zero-order valence-corrected chi connectivity index (χ0v) is 17.5. The van der Waals surface area contributed by atoms with E-state index in [0.717, 1.165) is 12.8 Å². The van der Waals surface area contributed by atoms with Gasteiger partial charge in [-0.05, 0) is 54.8 Å². The first-order valence-corrected chi connectivity index (χ1v) is 10.1. The first kappa shape index (κ1) is 21.9. The summed E-state index contributed by atoms with van der Waals surface area (Å²) in [5.74, 6) is 0.762. The number of methoxy groups -OCH3 is 1. The molecule has 2 amide bonds. The minimum absolute atomic E-state index is 0.129. The summed E-state index contributed by atoms with van der Waals surface area (Å²) in [6.45, 7) is 0.471. The molecule has 3 aromatic rings. The third-order valence-corrected chi connectivity index (χ3v) is 4.61. The van der Waals surface area contributed by atoms with Crippen LogP contribution in [-0.4, -0.2) is 32.1 Å². The van der Waals surface area contributed by atoms with Crippen LogP contribution >= 0.6 is 0 Å². The molecule has 0 unspecified atom stereocenters. The monoisotopic (exact) mass is 418 g/mol. The summed E-state index contributed by atoms with van der Waals surface area (Å²) in [5, 5.41) is 5.67. The fraction of sp³-hybridized carbons (Fsp3) is 0.200. The molecule has 6 heteroatoms. The lowest BCUT2D eigenvalue weighted by Crippen LogP contribution is -2.24. The van der Waals surface area contributed by atoms with Crippen molar-refractivity contribution in [1.29, 1.82) is 0 Å². The highest BCUT2D eigenvalue weighted by Gasteiger charge is 2.07. The van der Waals surface area contributed by atoms with Gasteiger partial charge in [0.1, 0.15) is 11.5 Å². The van der Waals surface area contributed by atoms with Gasteiger partial charge in [-0.3, -0.25) is 9.59 Å². The number of anilines is 1. The van der Waals surface area contributed by atoms with Crippen LogP contribution in [0.2, 0.25) is 0 Å². The topological polar surface area (TPSA) is 76.7 Å². The van der Waals surface area contributed by atoms with Gasteiger partial charge >= 0.3 is 0 Å². The number of aryl methyl sites for hydroxylation is 1. The predicted molar refractivity (Wildman–Crippen MR) is 121 cm³/mol. The van der Waals surface area contributed by atoms with E-state index in [-0.39, 0.29) is 18.4 Å². The summed E-state index contributed by atoms with van der Waals surface area (Å²) in [5.41, 5.74) is 2.44. The van der Waals surface area contributed by atoms with Crippen LogP contribution in [-0.2, 0) is 11.2 Å². The largest absolute Gasteiger partial charge is 0.497 e. The quantitative estimate of drug-likeness (QED) is 0.487. The van der Waals surface area contributed by atoms with Crippen LogP contribution in [0.1, 0.15) is 22.3 Å². The second-order valence-electron chi connectivity index (χ2n) is 6.94. The van der Waals surface area contributed by atoms with Gasteiger partial charge in [-0.15, -0.1) is 0 Å². The summed E-state index contributed by atoms with van der Waals surface area (Å²) in [7, 11) is 1.57. The van der Waals surface area contributed by atoms with Crippen LogP contribution in [0.25, 0.3) is 0 Å². The van der Waals surface area contributed by atoms with Crippen molar-refractivity contribution in [3.8, 4) is 11.5 Å². The van der Waals surface area contributed by atoms with Crippen LogP contribution in [0.15, 0.2) is 78.9 Å². The first-order valence-electron chi connectivity index (χ1n) is 10.1. The fourth-order valence-corrected chi connectivity index (χ4v) is 2.99. The molecule has 0 aromatic heterocycles. The maximum Gasteiger partial charge on any atom is 0.262 e. The Bertz CT molecular complexity index is 988. The number of ether oxygens (including phenoxy) is 2. The van der Waals surface area contributed by atoms with Gasteiger partial charge < -0.3 is 20.1 Å². The van der Waals surface area contributed by atoms with Gasteiger partial charge in [0.05, 0.1) is 7.11 Å². The molecule has 0 spiro atoms. The first-order chi connectivity index (χ1) is 15.1. The van der Waals surface area contributed by atoms with Crippen molar-refractivity contribution in [3.05, 3.63) is 90.0 Å². The molecule has 0 saturated carbocycles. The third-order valence-electron chi connectivity index (χ3n) is 4.61. The molecule has 31 heavy (non-hydrogen) atoms. The molecule has 0 aliphatic carbocycles. The summed E-state index contributed by atoms with van der Waals surface area (Å²) in [6.07, 6.45) is 1.80. The molecule has 3 rings (SSSR count). The number of hydrogen-bond donors (Lipinski definition) is 2. The Morgan fingerprint density at radius 1 is 0.871 bits per heavy atom. The number of hydrogen-bond acceptors (Lipinski definition) is 4. The van der Waals surface area contributed by atoms with Crippen molar-refractivity contribution in [2.75, 3.05) is 25.6 Å². The molecule has 160 valence electrons. The second-order valence-corrected chi connectivity index (χ2v) is 6.94. The van der Waals surface area contributed by atoms with Crippen LogP contribution in [0.5, 0.6) is 11.5 Å². The lowest BCUT2D eigenvalue weighted by molar-refractivity contribution is -0.118. The lowest BCUT2D eigenvalue weighted by atomic mass is 10.1. The number of amides is 2. The minimum Gasteiger partial charge on any atom is -0.497 e. The minimum atomic E-state index is -0.284. The zero-order valence-electron chi connectivity index (χ0n) is 17.5. The zero-order chi connectivity index (χ0) is 21.9. The molecule has 2 N–H and O–H groups in total. The molecule has 0 bridgehead atoms. The maximum absolute atomic E-state index is 12.3. The smallest absolute Gasteiger partial charge is 0.262 e. The Kier molecular flexibility index (Phi) is 8.05. The highest BCUT2D eigenvalue weighted by Crippen LogP contribution is 2.17. The number of nitrogens with one attached hydrogen (secondary N) is 2. The Hall–Kier alpha value is -3.80. The maximum atomic E-state index is 12.3. The highest BCUT2D eigenvalue weighted by molar-refractivity contribution is 5.94. The Morgan fingerprint density at radius 2 is 1.65 bits per heavy atom. The average Bonchev–Trinajstić information content (AvgIpc) is 2.81. The average molecular weight is 418 g/mol. The molecule has 0 saturated heterocycles. The predicted octanol–water partition coefficient (Wildman–Crippen LogP) is 4.08. The summed E-state index contributed by atoms with van der Waals surface area (Å²) < 4.78 is 10.6. The summed E-state index contributed by atoms with van der Waals surface area (Å²) in [6, 6.07) is 24.0. The molecule has 0 heterocycles. The van der Waals surface area contributed by atoms with Crippen molar-refractivity contribution in [2.45, 2.75) is 12.8 Å². The number of carbonyl (C=O) groups is 2. The molecule has 0 fully saturated rings. The van der Waals surface area contributed by atoms with Crippen molar-refractivity contribution in [2.24, 2.45) is 0 Å². The van der Waals surface area contributed by atoms with E-state index in [1.807, 2.05) is 18.2 Å². The van der Waals surface area contributed by atoms with E-state index < -0.39 is 0 Å². The molecule has 0 aliphatic rings. The number of benzene rings is 3. The van der Waals surface area contributed by atoms with Crippen LogP contribution in [0, 0.1) is 0 Å². The SMILES string of the molecule is COc1cccc(NC(=O)COc2ccc(C(=O)NCCCc3ccccc3)cc2)c1.